The molecule has 0 spiro atoms. The summed E-state index contributed by atoms with van der Waals surface area (Å²) in [6.45, 7) is 8.32. The Labute approximate surface area is 113 Å². The highest BCUT2D eigenvalue weighted by atomic mass is 16.5. The van der Waals surface area contributed by atoms with E-state index < -0.39 is 0 Å². The minimum Gasteiger partial charge on any atom is -0.378 e. The Morgan fingerprint density at radius 3 is 2.47 bits per heavy atom. The third kappa shape index (κ3) is 3.20. The summed E-state index contributed by atoms with van der Waals surface area (Å²) in [5.41, 5.74) is 0.401. The first kappa shape index (κ1) is 13.7. The lowest BCUT2D eigenvalue weighted by atomic mass is 10.3. The van der Waals surface area contributed by atoms with Crippen LogP contribution in [0.25, 0.3) is 0 Å². The highest BCUT2D eigenvalue weighted by Gasteiger charge is 2.20. The normalized spacial score (nSPS) is 15.4. The molecule has 0 saturated carbocycles. The SMILES string of the molecule is CCN(CC)c1ccc(C(=O)N2CCOCC2)nn1. The number of nitrogens with zero attached hydrogens (tertiary/aromatic N) is 4. The maximum absolute atomic E-state index is 12.2. The molecule has 6 nitrogen and oxygen atoms in total. The van der Waals surface area contributed by atoms with Gasteiger partial charge in [-0.3, -0.25) is 4.79 Å². The highest BCUT2D eigenvalue weighted by molar-refractivity contribution is 5.92. The van der Waals surface area contributed by atoms with Gasteiger partial charge >= 0.3 is 0 Å². The van der Waals surface area contributed by atoms with Gasteiger partial charge in [-0.25, -0.2) is 0 Å². The van der Waals surface area contributed by atoms with Gasteiger partial charge in [0.1, 0.15) is 0 Å². The molecule has 0 N–H and O–H groups in total. The molecule has 104 valence electrons. The van der Waals surface area contributed by atoms with Crippen LogP contribution in [0.3, 0.4) is 0 Å². The summed E-state index contributed by atoms with van der Waals surface area (Å²) in [5.74, 6) is 0.741. The van der Waals surface area contributed by atoms with Crippen LogP contribution in [0.1, 0.15) is 24.3 Å². The lowest BCUT2D eigenvalue weighted by Crippen LogP contribution is -2.41. The number of hydrogen-bond donors (Lipinski definition) is 0. The molecule has 1 fully saturated rings. The van der Waals surface area contributed by atoms with E-state index in [1.165, 1.54) is 0 Å². The van der Waals surface area contributed by atoms with Crippen molar-refractivity contribution in [3.05, 3.63) is 17.8 Å². The average Bonchev–Trinajstić information content (AvgIpc) is 2.49. The highest BCUT2D eigenvalue weighted by Crippen LogP contribution is 2.10. The first-order chi connectivity index (χ1) is 9.26. The Kier molecular flexibility index (Phi) is 4.68. The minimum atomic E-state index is -0.0677. The Morgan fingerprint density at radius 1 is 1.26 bits per heavy atom. The van der Waals surface area contributed by atoms with E-state index in [-0.39, 0.29) is 5.91 Å². The largest absolute Gasteiger partial charge is 0.378 e. The Balaban J connectivity index is 2.06. The lowest BCUT2D eigenvalue weighted by molar-refractivity contribution is 0.0298. The second-order valence-corrected chi connectivity index (χ2v) is 4.35. The molecular formula is C13H20N4O2. The quantitative estimate of drug-likeness (QED) is 0.805. The van der Waals surface area contributed by atoms with Crippen LogP contribution in [0.4, 0.5) is 5.82 Å². The van der Waals surface area contributed by atoms with Gasteiger partial charge in [0, 0.05) is 26.2 Å². The molecule has 6 heteroatoms. The number of carbonyl (C=O) groups is 1. The van der Waals surface area contributed by atoms with Crippen LogP contribution in [-0.2, 0) is 4.74 Å². The van der Waals surface area contributed by atoms with E-state index in [1.807, 2.05) is 6.07 Å². The minimum absolute atomic E-state index is 0.0677. The second-order valence-electron chi connectivity index (χ2n) is 4.35. The van der Waals surface area contributed by atoms with Gasteiger partial charge in [-0.1, -0.05) is 0 Å². The predicted octanol–water partition coefficient (Wildman–Crippen LogP) is 0.795. The molecule has 1 aliphatic heterocycles. The number of aromatic nitrogens is 2. The number of carbonyl (C=O) groups excluding carboxylic acids is 1. The topological polar surface area (TPSA) is 58.6 Å². The van der Waals surface area contributed by atoms with Crippen LogP contribution in [0, 0.1) is 0 Å². The lowest BCUT2D eigenvalue weighted by Gasteiger charge is -2.26. The maximum atomic E-state index is 12.2. The van der Waals surface area contributed by atoms with Gasteiger partial charge in [0.05, 0.1) is 13.2 Å². The molecule has 0 unspecified atom stereocenters. The van der Waals surface area contributed by atoms with Gasteiger partial charge in [-0.2, -0.15) is 0 Å². The second kappa shape index (κ2) is 6.47. The monoisotopic (exact) mass is 264 g/mol. The van der Waals surface area contributed by atoms with E-state index in [0.717, 1.165) is 18.9 Å². The Morgan fingerprint density at radius 2 is 1.95 bits per heavy atom. The maximum Gasteiger partial charge on any atom is 0.274 e. The number of hydrogen-bond acceptors (Lipinski definition) is 5. The van der Waals surface area contributed by atoms with E-state index in [1.54, 1.807) is 11.0 Å². The van der Waals surface area contributed by atoms with Gasteiger partial charge in [0.2, 0.25) is 0 Å². The number of amides is 1. The average molecular weight is 264 g/mol. The summed E-state index contributed by atoms with van der Waals surface area (Å²) < 4.78 is 5.23. The molecule has 19 heavy (non-hydrogen) atoms. The van der Waals surface area contributed by atoms with Crippen molar-refractivity contribution in [2.75, 3.05) is 44.3 Å². The third-order valence-corrected chi connectivity index (χ3v) is 3.26. The number of rotatable bonds is 4. The number of anilines is 1. The molecule has 1 amide bonds. The fourth-order valence-electron chi connectivity index (χ4n) is 2.08. The van der Waals surface area contributed by atoms with E-state index >= 15 is 0 Å². The molecule has 2 rings (SSSR count). The molecule has 1 aromatic rings. The molecule has 0 aliphatic carbocycles. The van der Waals surface area contributed by atoms with E-state index in [4.69, 9.17) is 4.74 Å². The molecule has 1 aliphatic rings. The molecule has 0 atom stereocenters. The third-order valence-electron chi connectivity index (χ3n) is 3.26. The van der Waals surface area contributed by atoms with Crippen LogP contribution in [-0.4, -0.2) is 60.4 Å². The van der Waals surface area contributed by atoms with Gasteiger partial charge in [0.25, 0.3) is 5.91 Å². The zero-order chi connectivity index (χ0) is 13.7. The fraction of sp³-hybridized carbons (Fsp3) is 0.615. The van der Waals surface area contributed by atoms with Crippen molar-refractivity contribution < 1.29 is 9.53 Å². The van der Waals surface area contributed by atoms with Gasteiger partial charge in [-0.05, 0) is 26.0 Å². The molecular weight excluding hydrogens is 244 g/mol. The Bertz CT molecular complexity index is 411. The van der Waals surface area contributed by atoms with Gasteiger partial charge in [-0.15, -0.1) is 10.2 Å². The van der Waals surface area contributed by atoms with Crippen molar-refractivity contribution in [1.82, 2.24) is 15.1 Å². The molecule has 2 heterocycles. The van der Waals surface area contributed by atoms with Crippen molar-refractivity contribution in [1.29, 1.82) is 0 Å². The smallest absolute Gasteiger partial charge is 0.274 e. The van der Waals surface area contributed by atoms with Crippen LogP contribution in [0.2, 0.25) is 0 Å². The van der Waals surface area contributed by atoms with Crippen molar-refractivity contribution >= 4 is 11.7 Å². The fourth-order valence-corrected chi connectivity index (χ4v) is 2.08. The summed E-state index contributed by atoms with van der Waals surface area (Å²) in [6.07, 6.45) is 0. The first-order valence-corrected chi connectivity index (χ1v) is 6.72. The summed E-state index contributed by atoms with van der Waals surface area (Å²) in [5, 5.41) is 8.18. The molecule has 0 bridgehead atoms. The van der Waals surface area contributed by atoms with Crippen LogP contribution >= 0.6 is 0 Å². The first-order valence-electron chi connectivity index (χ1n) is 6.72. The summed E-state index contributed by atoms with van der Waals surface area (Å²) in [6, 6.07) is 3.60. The predicted molar refractivity (Wildman–Crippen MR) is 72.3 cm³/mol. The van der Waals surface area contributed by atoms with Crippen LogP contribution in [0.5, 0.6) is 0 Å². The van der Waals surface area contributed by atoms with Crippen LogP contribution < -0.4 is 4.90 Å². The number of morpholine rings is 1. The molecule has 0 aromatic carbocycles. The van der Waals surface area contributed by atoms with Crippen molar-refractivity contribution in [3.8, 4) is 0 Å². The van der Waals surface area contributed by atoms with Crippen molar-refractivity contribution in [2.45, 2.75) is 13.8 Å². The molecule has 0 radical (unpaired) electrons. The van der Waals surface area contributed by atoms with Crippen molar-refractivity contribution in [3.63, 3.8) is 0 Å². The van der Waals surface area contributed by atoms with Gasteiger partial charge in [0.15, 0.2) is 11.5 Å². The van der Waals surface area contributed by atoms with Crippen LogP contribution in [0.15, 0.2) is 12.1 Å². The van der Waals surface area contributed by atoms with E-state index in [9.17, 15) is 4.79 Å². The molecule has 1 saturated heterocycles. The molecule has 1 aromatic heterocycles. The Hall–Kier alpha value is -1.69. The van der Waals surface area contributed by atoms with E-state index in [0.29, 0.717) is 32.0 Å². The van der Waals surface area contributed by atoms with E-state index in [2.05, 4.69) is 28.9 Å². The summed E-state index contributed by atoms with van der Waals surface area (Å²) >= 11 is 0. The summed E-state index contributed by atoms with van der Waals surface area (Å²) in [7, 11) is 0. The standard InChI is InChI=1S/C13H20N4O2/c1-3-16(4-2)12-6-5-11(14-15-12)13(18)17-7-9-19-10-8-17/h5-6H,3-4,7-10H2,1-2H3. The summed E-state index contributed by atoms with van der Waals surface area (Å²) in [4.78, 5) is 16.0. The van der Waals surface area contributed by atoms with Gasteiger partial charge < -0.3 is 14.5 Å². The zero-order valence-corrected chi connectivity index (χ0v) is 11.5. The van der Waals surface area contributed by atoms with Crippen molar-refractivity contribution in [2.24, 2.45) is 0 Å². The zero-order valence-electron chi connectivity index (χ0n) is 11.5. The number of ether oxygens (including phenoxy) is 1.